The summed E-state index contributed by atoms with van der Waals surface area (Å²) in [6.07, 6.45) is 0. The van der Waals surface area contributed by atoms with E-state index in [0.717, 1.165) is 27.8 Å². The average Bonchev–Trinajstić information content (AvgIpc) is 3.62. The van der Waals surface area contributed by atoms with E-state index in [0.29, 0.717) is 17.5 Å². The average molecular weight is 780 g/mol. The molecular formula is C58H41N3. The molecule has 1 heterocycles. The summed E-state index contributed by atoms with van der Waals surface area (Å²) in [6, 6.07) is 76.4. The molecule has 0 aliphatic heterocycles. The van der Waals surface area contributed by atoms with Gasteiger partial charge in [0.1, 0.15) is 0 Å². The summed E-state index contributed by atoms with van der Waals surface area (Å²) in [5, 5.41) is 2.42. The molecule has 9 aromatic carbocycles. The predicted octanol–water partition coefficient (Wildman–Crippen LogP) is 14.3. The number of hydrogen-bond donors (Lipinski definition) is 0. The molecule has 288 valence electrons. The fraction of sp³-hybridized carbons (Fsp3) is 0.0517. The van der Waals surface area contributed by atoms with Crippen molar-refractivity contribution in [1.29, 1.82) is 0 Å². The van der Waals surface area contributed by atoms with Crippen LogP contribution < -0.4 is 0 Å². The van der Waals surface area contributed by atoms with Crippen LogP contribution in [0.5, 0.6) is 0 Å². The Labute approximate surface area is 356 Å². The van der Waals surface area contributed by atoms with Crippen LogP contribution in [0.1, 0.15) is 33.4 Å². The molecule has 0 spiro atoms. The Kier molecular flexibility index (Phi) is 8.82. The second-order valence-electron chi connectivity index (χ2n) is 16.1. The van der Waals surface area contributed by atoms with Crippen molar-refractivity contribution in [2.75, 3.05) is 0 Å². The summed E-state index contributed by atoms with van der Waals surface area (Å²) in [5.41, 5.74) is 16.7. The fourth-order valence-corrected chi connectivity index (χ4v) is 9.32. The van der Waals surface area contributed by atoms with Crippen LogP contribution in [0, 0.1) is 13.8 Å². The molecule has 0 saturated carbocycles. The first kappa shape index (κ1) is 36.3. The second-order valence-corrected chi connectivity index (χ2v) is 16.1. The molecule has 0 N–H and O–H groups in total. The summed E-state index contributed by atoms with van der Waals surface area (Å²) in [5.74, 6) is 1.88. The van der Waals surface area contributed by atoms with Gasteiger partial charge >= 0.3 is 0 Å². The van der Waals surface area contributed by atoms with Crippen LogP contribution in [-0.4, -0.2) is 15.0 Å². The fourth-order valence-electron chi connectivity index (χ4n) is 9.32. The van der Waals surface area contributed by atoms with E-state index >= 15 is 0 Å². The van der Waals surface area contributed by atoms with Gasteiger partial charge in [-0.05, 0) is 92.4 Å². The third-order valence-corrected chi connectivity index (χ3v) is 12.4. The van der Waals surface area contributed by atoms with E-state index < -0.39 is 5.41 Å². The van der Waals surface area contributed by atoms with Crippen LogP contribution in [0.2, 0.25) is 0 Å². The van der Waals surface area contributed by atoms with Crippen molar-refractivity contribution < 1.29 is 0 Å². The number of rotatable bonds is 7. The second kappa shape index (κ2) is 14.8. The van der Waals surface area contributed by atoms with Crippen LogP contribution >= 0.6 is 0 Å². The first-order chi connectivity index (χ1) is 30.0. The molecule has 3 heteroatoms. The topological polar surface area (TPSA) is 38.7 Å². The zero-order valence-electron chi connectivity index (χ0n) is 34.0. The molecule has 0 amide bonds. The molecule has 0 saturated heterocycles. The van der Waals surface area contributed by atoms with Crippen molar-refractivity contribution in [2.45, 2.75) is 19.3 Å². The molecule has 0 radical (unpaired) electrons. The number of aromatic nitrogens is 3. The monoisotopic (exact) mass is 779 g/mol. The molecular weight excluding hydrogens is 739 g/mol. The molecule has 0 atom stereocenters. The van der Waals surface area contributed by atoms with Gasteiger partial charge in [0.25, 0.3) is 0 Å². The maximum Gasteiger partial charge on any atom is 0.164 e. The van der Waals surface area contributed by atoms with Gasteiger partial charge in [-0.1, -0.05) is 211 Å². The molecule has 0 unspecified atom stereocenters. The summed E-state index contributed by atoms with van der Waals surface area (Å²) in [4.78, 5) is 15.8. The van der Waals surface area contributed by atoms with E-state index in [4.69, 9.17) is 15.0 Å². The Morgan fingerprint density at radius 1 is 0.311 bits per heavy atom. The number of benzene rings is 9. The standard InChI is InChI=1S/C58H41N3/c1-38-22-31-47(32-23-38)58(48-33-24-39(2)25-34-48)53-21-9-8-19-51(53)52-35-30-46(37-54(52)58)57-60-55(43-28-26-41(27-29-43)40-12-4-3-5-13-40)59-56(61-57)45-17-10-16-44(36-45)50-20-11-15-42-14-6-7-18-49(42)50/h3-37H,1-2H3. The number of nitrogens with zero attached hydrogens (tertiary/aromatic N) is 3. The Balaban J connectivity index is 1.12. The third-order valence-electron chi connectivity index (χ3n) is 12.4. The molecule has 1 aliphatic carbocycles. The lowest BCUT2D eigenvalue weighted by Gasteiger charge is -2.34. The van der Waals surface area contributed by atoms with E-state index in [-0.39, 0.29) is 0 Å². The van der Waals surface area contributed by atoms with E-state index in [1.165, 1.54) is 66.4 Å². The van der Waals surface area contributed by atoms with E-state index in [9.17, 15) is 0 Å². The summed E-state index contributed by atoms with van der Waals surface area (Å²) < 4.78 is 0. The Morgan fingerprint density at radius 3 is 1.51 bits per heavy atom. The van der Waals surface area contributed by atoms with Crippen molar-refractivity contribution in [3.05, 3.63) is 246 Å². The van der Waals surface area contributed by atoms with E-state index in [2.05, 4.69) is 220 Å². The van der Waals surface area contributed by atoms with Gasteiger partial charge in [0.15, 0.2) is 17.5 Å². The molecule has 10 aromatic rings. The van der Waals surface area contributed by atoms with Gasteiger partial charge in [-0.25, -0.2) is 15.0 Å². The number of aryl methyl sites for hydroxylation is 2. The Morgan fingerprint density at radius 2 is 0.787 bits per heavy atom. The van der Waals surface area contributed by atoms with E-state index in [1.54, 1.807) is 0 Å². The quantitative estimate of drug-likeness (QED) is 0.162. The van der Waals surface area contributed by atoms with Crippen molar-refractivity contribution in [3.63, 3.8) is 0 Å². The van der Waals surface area contributed by atoms with Crippen LogP contribution in [-0.2, 0) is 5.41 Å². The molecule has 11 rings (SSSR count). The Bertz CT molecular complexity index is 3190. The Hall–Kier alpha value is -7.75. The van der Waals surface area contributed by atoms with Gasteiger partial charge in [0.2, 0.25) is 0 Å². The molecule has 1 aliphatic rings. The van der Waals surface area contributed by atoms with Gasteiger partial charge in [-0.15, -0.1) is 0 Å². The van der Waals surface area contributed by atoms with Crippen molar-refractivity contribution in [3.8, 4) is 67.5 Å². The first-order valence-corrected chi connectivity index (χ1v) is 20.9. The van der Waals surface area contributed by atoms with Crippen LogP contribution in [0.15, 0.2) is 212 Å². The predicted molar refractivity (Wildman–Crippen MR) is 251 cm³/mol. The van der Waals surface area contributed by atoms with Crippen LogP contribution in [0.3, 0.4) is 0 Å². The SMILES string of the molecule is Cc1ccc(C2(c3ccc(C)cc3)c3ccccc3-c3ccc(-c4nc(-c5ccc(-c6ccccc6)cc5)nc(-c5cccc(-c6cccc7ccccc67)c5)n4)cc32)cc1. The molecule has 3 nitrogen and oxygen atoms in total. The lowest BCUT2D eigenvalue weighted by Crippen LogP contribution is -2.28. The van der Waals surface area contributed by atoms with Crippen molar-refractivity contribution >= 4 is 10.8 Å². The van der Waals surface area contributed by atoms with Gasteiger partial charge in [-0.2, -0.15) is 0 Å². The first-order valence-electron chi connectivity index (χ1n) is 20.9. The lowest BCUT2D eigenvalue weighted by molar-refractivity contribution is 0.767. The summed E-state index contributed by atoms with van der Waals surface area (Å²) in [6.45, 7) is 4.31. The number of hydrogen-bond acceptors (Lipinski definition) is 3. The van der Waals surface area contributed by atoms with E-state index in [1.807, 2.05) is 6.07 Å². The molecule has 61 heavy (non-hydrogen) atoms. The maximum absolute atomic E-state index is 5.33. The highest BCUT2D eigenvalue weighted by Crippen LogP contribution is 2.56. The zero-order valence-corrected chi connectivity index (χ0v) is 34.0. The number of fused-ring (bicyclic) bond motifs is 4. The minimum atomic E-state index is -0.553. The smallest absolute Gasteiger partial charge is 0.164 e. The minimum absolute atomic E-state index is 0.553. The van der Waals surface area contributed by atoms with Crippen molar-refractivity contribution in [1.82, 2.24) is 15.0 Å². The molecule has 0 fully saturated rings. The highest BCUT2D eigenvalue weighted by atomic mass is 15.0. The van der Waals surface area contributed by atoms with Crippen LogP contribution in [0.25, 0.3) is 78.3 Å². The lowest BCUT2D eigenvalue weighted by atomic mass is 9.67. The minimum Gasteiger partial charge on any atom is -0.208 e. The highest BCUT2D eigenvalue weighted by molar-refractivity contribution is 5.97. The molecule has 1 aromatic heterocycles. The van der Waals surface area contributed by atoms with Gasteiger partial charge in [0, 0.05) is 16.7 Å². The van der Waals surface area contributed by atoms with Gasteiger partial charge in [0.05, 0.1) is 5.41 Å². The third kappa shape index (κ3) is 6.25. The zero-order chi connectivity index (χ0) is 40.9. The highest BCUT2D eigenvalue weighted by Gasteiger charge is 2.46. The van der Waals surface area contributed by atoms with Crippen LogP contribution in [0.4, 0.5) is 0 Å². The molecule has 0 bridgehead atoms. The maximum atomic E-state index is 5.33. The summed E-state index contributed by atoms with van der Waals surface area (Å²) >= 11 is 0. The largest absolute Gasteiger partial charge is 0.208 e. The normalized spacial score (nSPS) is 12.6. The van der Waals surface area contributed by atoms with Gasteiger partial charge < -0.3 is 0 Å². The summed E-state index contributed by atoms with van der Waals surface area (Å²) in [7, 11) is 0. The van der Waals surface area contributed by atoms with Crippen molar-refractivity contribution in [2.24, 2.45) is 0 Å². The van der Waals surface area contributed by atoms with Gasteiger partial charge in [-0.3, -0.25) is 0 Å².